The van der Waals surface area contributed by atoms with E-state index in [2.05, 4.69) is 31.9 Å². The van der Waals surface area contributed by atoms with Gasteiger partial charge in [0.2, 0.25) is 0 Å². The standard InChI is InChI=1S/C18H21ClN4O/c19-16-5-1-4-14-9-23(10-15(14)16)18-7-17(20-12-21-18)22-6-2-3-13(8-22)11-24/h1,4-5,7,12-13,24H,2-3,6,8-11H2. The number of piperidine rings is 1. The Bertz CT molecular complexity index is 739. The lowest BCUT2D eigenvalue weighted by Crippen LogP contribution is -2.37. The average molecular weight is 345 g/mol. The van der Waals surface area contributed by atoms with Crippen molar-refractivity contribution in [3.8, 4) is 0 Å². The molecule has 1 atom stereocenters. The lowest BCUT2D eigenvalue weighted by molar-refractivity contribution is 0.208. The summed E-state index contributed by atoms with van der Waals surface area (Å²) >= 11 is 6.32. The van der Waals surface area contributed by atoms with Crippen molar-refractivity contribution in [2.75, 3.05) is 29.5 Å². The minimum absolute atomic E-state index is 0.244. The fourth-order valence-electron chi connectivity index (χ4n) is 3.65. The Morgan fingerprint density at radius 3 is 2.79 bits per heavy atom. The number of anilines is 2. The summed E-state index contributed by atoms with van der Waals surface area (Å²) < 4.78 is 0. The molecule has 1 saturated heterocycles. The summed E-state index contributed by atoms with van der Waals surface area (Å²) in [6.07, 6.45) is 3.82. The van der Waals surface area contributed by atoms with Gasteiger partial charge in [-0.15, -0.1) is 0 Å². The molecular weight excluding hydrogens is 324 g/mol. The second-order valence-electron chi connectivity index (χ2n) is 6.60. The molecule has 0 radical (unpaired) electrons. The van der Waals surface area contributed by atoms with Gasteiger partial charge in [0.05, 0.1) is 0 Å². The van der Waals surface area contributed by atoms with E-state index >= 15 is 0 Å². The lowest BCUT2D eigenvalue weighted by atomic mass is 9.99. The Kier molecular flexibility index (Phi) is 4.29. The molecule has 0 bridgehead atoms. The predicted octanol–water partition coefficient (Wildman–Crippen LogP) is 2.86. The smallest absolute Gasteiger partial charge is 0.134 e. The lowest BCUT2D eigenvalue weighted by Gasteiger charge is -2.33. The van der Waals surface area contributed by atoms with Crippen LogP contribution in [0.1, 0.15) is 24.0 Å². The van der Waals surface area contributed by atoms with Crippen molar-refractivity contribution < 1.29 is 5.11 Å². The number of rotatable bonds is 3. The van der Waals surface area contributed by atoms with Gasteiger partial charge in [0, 0.05) is 43.9 Å². The van der Waals surface area contributed by atoms with E-state index < -0.39 is 0 Å². The minimum Gasteiger partial charge on any atom is -0.396 e. The third-order valence-electron chi connectivity index (χ3n) is 4.99. The van der Waals surface area contributed by atoms with Crippen LogP contribution in [0.5, 0.6) is 0 Å². The second-order valence-corrected chi connectivity index (χ2v) is 7.01. The highest BCUT2D eigenvalue weighted by molar-refractivity contribution is 6.31. The van der Waals surface area contributed by atoms with Gasteiger partial charge in [-0.25, -0.2) is 9.97 Å². The van der Waals surface area contributed by atoms with Gasteiger partial charge < -0.3 is 14.9 Å². The second kappa shape index (κ2) is 6.57. The van der Waals surface area contributed by atoms with E-state index in [4.69, 9.17) is 11.6 Å². The monoisotopic (exact) mass is 344 g/mol. The molecule has 1 fully saturated rings. The van der Waals surface area contributed by atoms with Crippen LogP contribution in [0.3, 0.4) is 0 Å². The van der Waals surface area contributed by atoms with E-state index in [1.807, 2.05) is 12.1 Å². The molecule has 1 N–H and O–H groups in total. The van der Waals surface area contributed by atoms with Crippen LogP contribution in [0.2, 0.25) is 5.02 Å². The number of nitrogens with zero attached hydrogens (tertiary/aromatic N) is 4. The number of halogens is 1. The zero-order valence-electron chi connectivity index (χ0n) is 13.5. The first-order valence-corrected chi connectivity index (χ1v) is 8.81. The zero-order chi connectivity index (χ0) is 16.5. The molecule has 2 aliphatic rings. The Hall–Kier alpha value is -1.85. The summed E-state index contributed by atoms with van der Waals surface area (Å²) in [5.41, 5.74) is 2.46. The van der Waals surface area contributed by atoms with Crippen LogP contribution in [0.25, 0.3) is 0 Å². The molecule has 1 unspecified atom stereocenters. The highest BCUT2D eigenvalue weighted by Gasteiger charge is 2.24. The van der Waals surface area contributed by atoms with Gasteiger partial charge in [0.25, 0.3) is 0 Å². The van der Waals surface area contributed by atoms with E-state index in [1.165, 1.54) is 11.1 Å². The maximum atomic E-state index is 9.43. The van der Waals surface area contributed by atoms with E-state index in [0.29, 0.717) is 5.92 Å². The first-order valence-electron chi connectivity index (χ1n) is 8.43. The molecule has 5 nitrogen and oxygen atoms in total. The van der Waals surface area contributed by atoms with Crippen LogP contribution in [0.4, 0.5) is 11.6 Å². The molecule has 6 heteroatoms. The number of hydrogen-bond donors (Lipinski definition) is 1. The Morgan fingerprint density at radius 1 is 1.17 bits per heavy atom. The largest absolute Gasteiger partial charge is 0.396 e. The third-order valence-corrected chi connectivity index (χ3v) is 5.34. The van der Waals surface area contributed by atoms with Crippen LogP contribution < -0.4 is 9.80 Å². The number of fused-ring (bicyclic) bond motifs is 1. The summed E-state index contributed by atoms with van der Waals surface area (Å²) in [6, 6.07) is 8.12. The molecule has 0 aliphatic carbocycles. The van der Waals surface area contributed by atoms with Crippen LogP contribution in [-0.2, 0) is 13.1 Å². The zero-order valence-corrected chi connectivity index (χ0v) is 14.3. The van der Waals surface area contributed by atoms with Gasteiger partial charge in [-0.2, -0.15) is 0 Å². The van der Waals surface area contributed by atoms with E-state index in [9.17, 15) is 5.11 Å². The SMILES string of the molecule is OCC1CCCN(c2cc(N3Cc4cccc(Cl)c4C3)ncn2)C1. The molecule has 0 saturated carbocycles. The highest BCUT2D eigenvalue weighted by atomic mass is 35.5. The number of aliphatic hydroxyl groups is 1. The van der Waals surface area contributed by atoms with Gasteiger partial charge in [-0.3, -0.25) is 0 Å². The number of aliphatic hydroxyl groups excluding tert-OH is 1. The number of benzene rings is 1. The molecule has 2 aliphatic heterocycles. The quantitative estimate of drug-likeness (QED) is 0.927. The summed E-state index contributed by atoms with van der Waals surface area (Å²) in [4.78, 5) is 13.4. The predicted molar refractivity (Wildman–Crippen MR) is 95.4 cm³/mol. The average Bonchev–Trinajstić information content (AvgIpc) is 3.08. The molecule has 2 aromatic rings. The Morgan fingerprint density at radius 2 is 2.00 bits per heavy atom. The Labute approximate surface area is 146 Å². The van der Waals surface area contributed by atoms with Crippen molar-refractivity contribution in [2.45, 2.75) is 25.9 Å². The fourth-order valence-corrected chi connectivity index (χ4v) is 3.90. The van der Waals surface area contributed by atoms with E-state index in [0.717, 1.165) is 55.7 Å². The first kappa shape index (κ1) is 15.7. The first-order chi connectivity index (χ1) is 11.7. The van der Waals surface area contributed by atoms with Crippen LogP contribution >= 0.6 is 11.6 Å². The van der Waals surface area contributed by atoms with E-state index in [-0.39, 0.29) is 6.61 Å². The van der Waals surface area contributed by atoms with Crippen molar-refractivity contribution in [1.29, 1.82) is 0 Å². The summed E-state index contributed by atoms with van der Waals surface area (Å²) in [5, 5.41) is 10.3. The molecule has 24 heavy (non-hydrogen) atoms. The molecule has 1 aromatic carbocycles. The summed E-state index contributed by atoms with van der Waals surface area (Å²) in [7, 11) is 0. The molecule has 1 aromatic heterocycles. The van der Waals surface area contributed by atoms with Crippen LogP contribution in [0.15, 0.2) is 30.6 Å². The molecule has 0 amide bonds. The maximum Gasteiger partial charge on any atom is 0.134 e. The van der Waals surface area contributed by atoms with Gasteiger partial charge in [-0.05, 0) is 36.0 Å². The molecular formula is C18H21ClN4O. The van der Waals surface area contributed by atoms with Gasteiger partial charge in [0.15, 0.2) is 0 Å². The summed E-state index contributed by atoms with van der Waals surface area (Å²) in [5.74, 6) is 2.21. The number of hydrogen-bond acceptors (Lipinski definition) is 5. The topological polar surface area (TPSA) is 52.5 Å². The molecule has 126 valence electrons. The highest BCUT2D eigenvalue weighted by Crippen LogP contribution is 2.32. The van der Waals surface area contributed by atoms with Crippen LogP contribution in [-0.4, -0.2) is 34.8 Å². The third kappa shape index (κ3) is 2.94. The summed E-state index contributed by atoms with van der Waals surface area (Å²) in [6.45, 7) is 3.70. The van der Waals surface area contributed by atoms with Crippen molar-refractivity contribution in [1.82, 2.24) is 9.97 Å². The normalized spacial score (nSPS) is 20.3. The maximum absolute atomic E-state index is 9.43. The van der Waals surface area contributed by atoms with Crippen molar-refractivity contribution >= 4 is 23.2 Å². The van der Waals surface area contributed by atoms with Gasteiger partial charge in [-0.1, -0.05) is 23.7 Å². The Balaban J connectivity index is 1.55. The fraction of sp³-hybridized carbons (Fsp3) is 0.444. The van der Waals surface area contributed by atoms with Crippen molar-refractivity contribution in [3.63, 3.8) is 0 Å². The van der Waals surface area contributed by atoms with E-state index in [1.54, 1.807) is 6.33 Å². The van der Waals surface area contributed by atoms with Crippen molar-refractivity contribution in [2.24, 2.45) is 5.92 Å². The number of aromatic nitrogens is 2. The van der Waals surface area contributed by atoms with Gasteiger partial charge in [0.1, 0.15) is 18.0 Å². The molecule has 3 heterocycles. The minimum atomic E-state index is 0.244. The molecule has 4 rings (SSSR count). The van der Waals surface area contributed by atoms with Gasteiger partial charge >= 0.3 is 0 Å². The molecule has 0 spiro atoms. The van der Waals surface area contributed by atoms with Crippen LogP contribution in [0, 0.1) is 5.92 Å². The van der Waals surface area contributed by atoms with Crippen molar-refractivity contribution in [3.05, 3.63) is 46.7 Å².